The molecular weight excluding hydrogens is 379 g/mol. The smallest absolute Gasteiger partial charge is 0.326 e. The van der Waals surface area contributed by atoms with Gasteiger partial charge in [-0.25, -0.2) is 4.79 Å². The van der Waals surface area contributed by atoms with Gasteiger partial charge >= 0.3 is 12.0 Å². The summed E-state index contributed by atoms with van der Waals surface area (Å²) in [5.74, 6) is -0.697. The van der Waals surface area contributed by atoms with E-state index >= 15 is 0 Å². The normalized spacial score (nSPS) is 19.8. The lowest BCUT2D eigenvalue weighted by Crippen LogP contribution is -2.44. The molecule has 142 valence electrons. The molecule has 0 saturated carbocycles. The number of rotatable bonds is 7. The molecule has 0 aromatic heterocycles. The van der Waals surface area contributed by atoms with Gasteiger partial charge in [-0.1, -0.05) is 43.1 Å². The second-order valence-electron chi connectivity index (χ2n) is 6.98. The van der Waals surface area contributed by atoms with Crippen molar-refractivity contribution in [3.63, 3.8) is 0 Å². The van der Waals surface area contributed by atoms with Crippen LogP contribution >= 0.6 is 23.2 Å². The van der Waals surface area contributed by atoms with Crippen LogP contribution in [0.3, 0.4) is 0 Å². The van der Waals surface area contributed by atoms with E-state index in [0.717, 1.165) is 11.3 Å². The van der Waals surface area contributed by atoms with Gasteiger partial charge in [0.15, 0.2) is 0 Å². The minimum atomic E-state index is -0.985. The third-order valence-corrected chi connectivity index (χ3v) is 4.84. The second kappa shape index (κ2) is 8.27. The van der Waals surface area contributed by atoms with E-state index in [0.29, 0.717) is 27.9 Å². The van der Waals surface area contributed by atoms with Crippen LogP contribution in [0.1, 0.15) is 39.2 Å². The van der Waals surface area contributed by atoms with E-state index in [1.54, 1.807) is 25.1 Å². The number of urea groups is 1. The van der Waals surface area contributed by atoms with Crippen LogP contribution in [0.2, 0.25) is 10.0 Å². The molecule has 1 aliphatic heterocycles. The number of imide groups is 1. The lowest BCUT2D eigenvalue weighted by Gasteiger charge is -2.22. The van der Waals surface area contributed by atoms with Crippen molar-refractivity contribution in [3.05, 3.63) is 33.8 Å². The molecule has 1 aromatic carbocycles. The van der Waals surface area contributed by atoms with E-state index in [-0.39, 0.29) is 6.61 Å². The SMILES string of the molecule is CC(C)CC[C@]1(C)NC(=O)N(CC(=O)OCc2ccc(Cl)cc2Cl)C1=O. The van der Waals surface area contributed by atoms with Crippen LogP contribution in [0.15, 0.2) is 18.2 Å². The molecule has 1 aliphatic rings. The first kappa shape index (κ1) is 20.5. The highest BCUT2D eigenvalue weighted by molar-refractivity contribution is 6.35. The fourth-order valence-electron chi connectivity index (χ4n) is 2.61. The Morgan fingerprint density at radius 3 is 2.62 bits per heavy atom. The Labute approximate surface area is 162 Å². The number of nitrogens with one attached hydrogen (secondary N) is 1. The lowest BCUT2D eigenvalue weighted by molar-refractivity contribution is -0.148. The molecule has 1 fully saturated rings. The maximum Gasteiger partial charge on any atom is 0.326 e. The third-order valence-electron chi connectivity index (χ3n) is 4.26. The molecule has 1 aromatic rings. The maximum absolute atomic E-state index is 12.6. The lowest BCUT2D eigenvalue weighted by atomic mass is 9.92. The molecule has 0 bridgehead atoms. The van der Waals surface area contributed by atoms with E-state index in [9.17, 15) is 14.4 Å². The number of amides is 3. The topological polar surface area (TPSA) is 75.7 Å². The molecule has 2 rings (SSSR count). The number of hydrogen-bond acceptors (Lipinski definition) is 4. The molecule has 0 aliphatic carbocycles. The van der Waals surface area contributed by atoms with E-state index in [4.69, 9.17) is 27.9 Å². The molecule has 1 atom stereocenters. The van der Waals surface area contributed by atoms with Crippen molar-refractivity contribution in [2.24, 2.45) is 5.92 Å². The summed E-state index contributed by atoms with van der Waals surface area (Å²) in [6.45, 7) is 5.26. The highest BCUT2D eigenvalue weighted by Crippen LogP contribution is 2.25. The van der Waals surface area contributed by atoms with Crippen molar-refractivity contribution in [3.8, 4) is 0 Å². The van der Waals surface area contributed by atoms with Crippen molar-refractivity contribution < 1.29 is 19.1 Å². The predicted molar refractivity (Wildman–Crippen MR) is 99.0 cm³/mol. The highest BCUT2D eigenvalue weighted by Gasteiger charge is 2.48. The Morgan fingerprint density at radius 2 is 2.00 bits per heavy atom. The van der Waals surface area contributed by atoms with Gasteiger partial charge in [0, 0.05) is 15.6 Å². The van der Waals surface area contributed by atoms with Crippen LogP contribution < -0.4 is 5.32 Å². The quantitative estimate of drug-likeness (QED) is 0.557. The monoisotopic (exact) mass is 400 g/mol. The van der Waals surface area contributed by atoms with Crippen LogP contribution in [0.5, 0.6) is 0 Å². The van der Waals surface area contributed by atoms with Crippen molar-refractivity contribution in [2.75, 3.05) is 6.54 Å². The fourth-order valence-corrected chi connectivity index (χ4v) is 3.07. The molecule has 0 spiro atoms. The maximum atomic E-state index is 12.6. The zero-order valence-electron chi connectivity index (χ0n) is 15.0. The number of benzene rings is 1. The molecule has 6 nitrogen and oxygen atoms in total. The van der Waals surface area contributed by atoms with Crippen molar-refractivity contribution >= 4 is 41.1 Å². The number of carbonyl (C=O) groups is 3. The molecule has 1 saturated heterocycles. The average Bonchev–Trinajstić information content (AvgIpc) is 2.76. The summed E-state index contributed by atoms with van der Waals surface area (Å²) in [6, 6.07) is 4.25. The summed E-state index contributed by atoms with van der Waals surface area (Å²) in [5, 5.41) is 3.53. The van der Waals surface area contributed by atoms with Crippen LogP contribution in [-0.4, -0.2) is 34.9 Å². The van der Waals surface area contributed by atoms with Crippen LogP contribution in [0.25, 0.3) is 0 Å². The number of carbonyl (C=O) groups excluding carboxylic acids is 3. The molecule has 8 heteroatoms. The van der Waals surface area contributed by atoms with Gasteiger partial charge in [-0.15, -0.1) is 0 Å². The van der Waals surface area contributed by atoms with Crippen molar-refractivity contribution in [2.45, 2.75) is 45.8 Å². The van der Waals surface area contributed by atoms with Crippen molar-refractivity contribution in [1.82, 2.24) is 10.2 Å². The van der Waals surface area contributed by atoms with E-state index < -0.39 is 30.0 Å². The van der Waals surface area contributed by atoms with Crippen molar-refractivity contribution in [1.29, 1.82) is 0 Å². The number of esters is 1. The van der Waals surface area contributed by atoms with Crippen LogP contribution in [0, 0.1) is 5.92 Å². The zero-order valence-corrected chi connectivity index (χ0v) is 16.5. The molecule has 0 unspecified atom stereocenters. The van der Waals surface area contributed by atoms with Crippen LogP contribution in [0.4, 0.5) is 4.79 Å². The fraction of sp³-hybridized carbons (Fsp3) is 0.500. The summed E-state index contributed by atoms with van der Waals surface area (Å²) < 4.78 is 5.13. The second-order valence-corrected chi connectivity index (χ2v) is 7.83. The van der Waals surface area contributed by atoms with Gasteiger partial charge in [0.25, 0.3) is 5.91 Å². The van der Waals surface area contributed by atoms with Gasteiger partial charge in [0.2, 0.25) is 0 Å². The Morgan fingerprint density at radius 1 is 1.31 bits per heavy atom. The minimum absolute atomic E-state index is 0.0664. The summed E-state index contributed by atoms with van der Waals surface area (Å²) >= 11 is 11.8. The third kappa shape index (κ3) is 4.89. The van der Waals surface area contributed by atoms with Gasteiger partial charge < -0.3 is 10.1 Å². The van der Waals surface area contributed by atoms with E-state index in [2.05, 4.69) is 5.32 Å². The summed E-state index contributed by atoms with van der Waals surface area (Å²) in [7, 11) is 0. The summed E-state index contributed by atoms with van der Waals surface area (Å²) in [6.07, 6.45) is 1.30. The largest absolute Gasteiger partial charge is 0.459 e. The minimum Gasteiger partial charge on any atom is -0.459 e. The van der Waals surface area contributed by atoms with Gasteiger partial charge in [-0.2, -0.15) is 0 Å². The summed E-state index contributed by atoms with van der Waals surface area (Å²) in [4.78, 5) is 37.6. The Bertz CT molecular complexity index is 723. The first-order valence-corrected chi connectivity index (χ1v) is 9.11. The van der Waals surface area contributed by atoms with Crippen LogP contribution in [-0.2, 0) is 20.9 Å². The first-order valence-electron chi connectivity index (χ1n) is 8.36. The molecule has 1 N–H and O–H groups in total. The molecule has 0 radical (unpaired) electrons. The summed E-state index contributed by atoms with van der Waals surface area (Å²) in [5.41, 5.74) is -0.399. The van der Waals surface area contributed by atoms with Gasteiger partial charge in [-0.3, -0.25) is 14.5 Å². The Hall–Kier alpha value is -1.79. The Kier molecular flexibility index (Phi) is 6.53. The van der Waals surface area contributed by atoms with Gasteiger partial charge in [0.1, 0.15) is 18.7 Å². The number of hydrogen-bond donors (Lipinski definition) is 1. The molecular formula is C18H22Cl2N2O4. The standard InChI is InChI=1S/C18H22Cl2N2O4/c1-11(2)6-7-18(3)16(24)22(17(25)21-18)9-15(23)26-10-12-4-5-13(19)8-14(12)20/h4-5,8,11H,6-7,9-10H2,1-3H3,(H,21,25)/t18-/m0/s1. The predicted octanol–water partition coefficient (Wildman–Crippen LogP) is 3.78. The average molecular weight is 401 g/mol. The first-order chi connectivity index (χ1) is 12.1. The molecule has 1 heterocycles. The van der Waals surface area contributed by atoms with Gasteiger partial charge in [-0.05, 0) is 37.8 Å². The number of nitrogens with zero attached hydrogens (tertiary/aromatic N) is 1. The number of halogens is 2. The Balaban J connectivity index is 1.93. The molecule has 26 heavy (non-hydrogen) atoms. The number of ether oxygens (including phenoxy) is 1. The van der Waals surface area contributed by atoms with E-state index in [1.807, 2.05) is 13.8 Å². The van der Waals surface area contributed by atoms with Gasteiger partial charge in [0.05, 0.1) is 0 Å². The molecule has 3 amide bonds. The van der Waals surface area contributed by atoms with E-state index in [1.165, 1.54) is 0 Å². The highest BCUT2D eigenvalue weighted by atomic mass is 35.5. The zero-order chi connectivity index (χ0) is 19.5.